The molecule has 2 heterocycles. The van der Waals surface area contributed by atoms with Gasteiger partial charge in [-0.3, -0.25) is 5.10 Å². The van der Waals surface area contributed by atoms with Crippen molar-refractivity contribution in [1.82, 2.24) is 20.1 Å². The van der Waals surface area contributed by atoms with Crippen LogP contribution in [0.5, 0.6) is 0 Å². The van der Waals surface area contributed by atoms with Gasteiger partial charge >= 0.3 is 6.03 Å². The normalized spacial score (nSPS) is 16.7. The third-order valence-electron chi connectivity index (χ3n) is 5.17. The first-order valence-electron chi connectivity index (χ1n) is 8.71. The number of nitrogens with one attached hydrogen (secondary N) is 2. The topological polar surface area (TPSA) is 94.1 Å². The number of carbonyl (C=O) groups excluding carboxylic acids is 1. The van der Waals surface area contributed by atoms with Crippen molar-refractivity contribution in [2.75, 3.05) is 25.0 Å². The van der Waals surface area contributed by atoms with Gasteiger partial charge in [0.1, 0.15) is 5.82 Å². The van der Waals surface area contributed by atoms with E-state index in [9.17, 15) is 9.90 Å². The molecule has 0 bridgehead atoms. The number of rotatable bonds is 4. The molecule has 0 radical (unpaired) electrons. The van der Waals surface area contributed by atoms with Gasteiger partial charge in [-0.25, -0.2) is 9.78 Å². The number of amides is 2. The summed E-state index contributed by atoms with van der Waals surface area (Å²) < 4.78 is 0. The van der Waals surface area contributed by atoms with E-state index in [1.165, 1.54) is 0 Å². The minimum absolute atomic E-state index is 0.0276. The highest BCUT2D eigenvalue weighted by molar-refractivity contribution is 5.90. The van der Waals surface area contributed by atoms with Gasteiger partial charge in [-0.05, 0) is 43.7 Å². The molecule has 0 aliphatic carbocycles. The van der Waals surface area contributed by atoms with E-state index in [4.69, 9.17) is 0 Å². The molecule has 1 fully saturated rings. The molecule has 0 unspecified atom stereocenters. The lowest BCUT2D eigenvalue weighted by atomic mass is 9.77. The molecule has 1 saturated heterocycles. The van der Waals surface area contributed by atoms with Gasteiger partial charge in [0.15, 0.2) is 5.82 Å². The van der Waals surface area contributed by atoms with E-state index in [0.717, 1.165) is 36.3 Å². The molecule has 134 valence electrons. The number of nitrogens with zero attached hydrogens (tertiary/aromatic N) is 3. The summed E-state index contributed by atoms with van der Waals surface area (Å²) >= 11 is 0. The third-order valence-corrected chi connectivity index (χ3v) is 5.17. The van der Waals surface area contributed by atoms with Crippen LogP contribution in [0.1, 0.15) is 32.0 Å². The van der Waals surface area contributed by atoms with Crippen LogP contribution in [-0.2, 0) is 0 Å². The standard InChI is InChI=1S/C18H25N5O2/c1-3-18(12-24)7-9-23(10-8-18)17(25)20-15-6-4-5-14(11-15)16-19-13(2)21-22-16/h4-6,11,24H,3,7-10,12H2,1-2H3,(H,20,25)(H,19,21,22). The van der Waals surface area contributed by atoms with E-state index in [0.29, 0.717) is 18.9 Å². The summed E-state index contributed by atoms with van der Waals surface area (Å²) in [6.07, 6.45) is 2.62. The highest BCUT2D eigenvalue weighted by atomic mass is 16.3. The van der Waals surface area contributed by atoms with Crippen LogP contribution in [-0.4, -0.2) is 50.9 Å². The van der Waals surface area contributed by atoms with Crippen molar-refractivity contribution in [2.45, 2.75) is 33.1 Å². The SMILES string of the molecule is CCC1(CO)CCN(C(=O)Nc2cccc(-c3n[nH]c(C)n3)c2)CC1. The predicted molar refractivity (Wildman–Crippen MR) is 96.2 cm³/mol. The van der Waals surface area contributed by atoms with E-state index in [1.54, 1.807) is 0 Å². The fourth-order valence-corrected chi connectivity index (χ4v) is 3.22. The molecule has 0 spiro atoms. The highest BCUT2D eigenvalue weighted by Crippen LogP contribution is 2.34. The van der Waals surface area contributed by atoms with Crippen LogP contribution in [0.3, 0.4) is 0 Å². The number of aliphatic hydroxyl groups is 1. The maximum atomic E-state index is 12.5. The van der Waals surface area contributed by atoms with Gasteiger partial charge < -0.3 is 15.3 Å². The van der Waals surface area contributed by atoms with E-state index in [1.807, 2.05) is 36.1 Å². The van der Waals surface area contributed by atoms with Crippen LogP contribution in [0.25, 0.3) is 11.4 Å². The van der Waals surface area contributed by atoms with Gasteiger partial charge in [0.05, 0.1) is 0 Å². The van der Waals surface area contributed by atoms with Crippen LogP contribution < -0.4 is 5.32 Å². The molecule has 7 nitrogen and oxygen atoms in total. The van der Waals surface area contributed by atoms with Crippen LogP contribution in [0.2, 0.25) is 0 Å². The summed E-state index contributed by atoms with van der Waals surface area (Å²) in [4.78, 5) is 18.6. The Morgan fingerprint density at radius 2 is 2.16 bits per heavy atom. The number of hydrogen-bond acceptors (Lipinski definition) is 4. The first-order chi connectivity index (χ1) is 12.0. The number of likely N-dealkylation sites (tertiary alicyclic amines) is 1. The molecule has 2 aromatic rings. The summed E-state index contributed by atoms with van der Waals surface area (Å²) in [5, 5.41) is 19.5. The molecule has 3 rings (SSSR count). The molecule has 1 aliphatic heterocycles. The third kappa shape index (κ3) is 3.82. The molecule has 7 heteroatoms. The maximum Gasteiger partial charge on any atom is 0.321 e. The molecule has 1 aliphatic rings. The van der Waals surface area contributed by atoms with Crippen molar-refractivity contribution in [2.24, 2.45) is 5.41 Å². The largest absolute Gasteiger partial charge is 0.396 e. The fraction of sp³-hybridized carbons (Fsp3) is 0.500. The number of benzene rings is 1. The van der Waals surface area contributed by atoms with Crippen LogP contribution >= 0.6 is 0 Å². The number of carbonyl (C=O) groups is 1. The number of hydrogen-bond donors (Lipinski definition) is 3. The van der Waals surface area contributed by atoms with Gasteiger partial charge in [0, 0.05) is 30.9 Å². The fourth-order valence-electron chi connectivity index (χ4n) is 3.22. The predicted octanol–water partition coefficient (Wildman–Crippen LogP) is 2.80. The zero-order valence-corrected chi connectivity index (χ0v) is 14.7. The summed E-state index contributed by atoms with van der Waals surface area (Å²) in [6.45, 7) is 5.47. The zero-order valence-electron chi connectivity index (χ0n) is 14.7. The van der Waals surface area contributed by atoms with Crippen LogP contribution in [0, 0.1) is 12.3 Å². The van der Waals surface area contributed by atoms with Crippen molar-refractivity contribution in [3.63, 3.8) is 0 Å². The highest BCUT2D eigenvalue weighted by Gasteiger charge is 2.33. The average molecular weight is 343 g/mol. The molecule has 1 aromatic carbocycles. The number of aromatic nitrogens is 3. The maximum absolute atomic E-state index is 12.5. The second-order valence-electron chi connectivity index (χ2n) is 6.75. The lowest BCUT2D eigenvalue weighted by Gasteiger charge is -2.40. The van der Waals surface area contributed by atoms with Crippen LogP contribution in [0.15, 0.2) is 24.3 Å². The van der Waals surface area contributed by atoms with Crippen molar-refractivity contribution in [3.05, 3.63) is 30.1 Å². The van der Waals surface area contributed by atoms with Gasteiger partial charge in [0.2, 0.25) is 0 Å². The molecule has 0 saturated carbocycles. The zero-order chi connectivity index (χ0) is 17.9. The molecule has 3 N–H and O–H groups in total. The van der Waals surface area contributed by atoms with Crippen molar-refractivity contribution >= 4 is 11.7 Å². The Bertz CT molecular complexity index is 729. The molecule has 25 heavy (non-hydrogen) atoms. The van der Waals surface area contributed by atoms with Crippen LogP contribution in [0.4, 0.5) is 10.5 Å². The second-order valence-corrected chi connectivity index (χ2v) is 6.75. The van der Waals surface area contributed by atoms with E-state index >= 15 is 0 Å². The van der Waals surface area contributed by atoms with Crippen molar-refractivity contribution in [3.8, 4) is 11.4 Å². The second kappa shape index (κ2) is 7.23. The number of H-pyrrole nitrogens is 1. The first kappa shape index (κ1) is 17.4. The lowest BCUT2D eigenvalue weighted by molar-refractivity contribution is 0.0542. The van der Waals surface area contributed by atoms with Gasteiger partial charge in [-0.1, -0.05) is 19.1 Å². The van der Waals surface area contributed by atoms with E-state index < -0.39 is 0 Å². The van der Waals surface area contributed by atoms with Crippen molar-refractivity contribution < 1.29 is 9.90 Å². The Balaban J connectivity index is 1.64. The molecule has 2 amide bonds. The first-order valence-corrected chi connectivity index (χ1v) is 8.71. The Morgan fingerprint density at radius 1 is 1.40 bits per heavy atom. The molecular formula is C18H25N5O2. The van der Waals surface area contributed by atoms with E-state index in [2.05, 4.69) is 27.4 Å². The van der Waals surface area contributed by atoms with Crippen molar-refractivity contribution in [1.29, 1.82) is 0 Å². The Morgan fingerprint density at radius 3 is 2.76 bits per heavy atom. The average Bonchev–Trinajstić information content (AvgIpc) is 3.08. The van der Waals surface area contributed by atoms with Gasteiger partial charge in [0.25, 0.3) is 0 Å². The quantitative estimate of drug-likeness (QED) is 0.795. The minimum Gasteiger partial charge on any atom is -0.396 e. The van der Waals surface area contributed by atoms with E-state index in [-0.39, 0.29) is 18.1 Å². The number of piperidine rings is 1. The summed E-state index contributed by atoms with van der Waals surface area (Å²) in [7, 11) is 0. The molecule has 0 atom stereocenters. The number of aliphatic hydroxyl groups excluding tert-OH is 1. The number of aromatic amines is 1. The monoisotopic (exact) mass is 343 g/mol. The minimum atomic E-state index is -0.106. The molecule has 1 aromatic heterocycles. The Labute approximate surface area is 147 Å². The number of aryl methyl sites for hydroxylation is 1. The molecular weight excluding hydrogens is 318 g/mol. The summed E-state index contributed by atoms with van der Waals surface area (Å²) in [6, 6.07) is 7.41. The van der Waals surface area contributed by atoms with Gasteiger partial charge in [-0.2, -0.15) is 5.10 Å². The smallest absolute Gasteiger partial charge is 0.321 e. The number of urea groups is 1. The summed E-state index contributed by atoms with van der Waals surface area (Å²) in [5.41, 5.74) is 1.55. The Kier molecular flexibility index (Phi) is 5.03. The number of anilines is 1. The Hall–Kier alpha value is -2.41. The lowest BCUT2D eigenvalue weighted by Crippen LogP contribution is -2.46. The van der Waals surface area contributed by atoms with Gasteiger partial charge in [-0.15, -0.1) is 0 Å². The summed E-state index contributed by atoms with van der Waals surface area (Å²) in [5.74, 6) is 1.36.